The molecule has 1 heterocycles. The number of halogens is 1. The van der Waals surface area contributed by atoms with Crippen molar-refractivity contribution in [1.82, 2.24) is 8.01 Å². The van der Waals surface area contributed by atoms with Gasteiger partial charge in [0.15, 0.2) is 0 Å². The second-order valence-corrected chi connectivity index (χ2v) is 4.81. The summed E-state index contributed by atoms with van der Waals surface area (Å²) in [4.78, 5) is 2.54. The van der Waals surface area contributed by atoms with Crippen LogP contribution in [0.5, 0.6) is 0 Å². The van der Waals surface area contributed by atoms with Gasteiger partial charge in [-0.1, -0.05) is 13.8 Å². The van der Waals surface area contributed by atoms with Gasteiger partial charge in [0.1, 0.15) is 0 Å². The molecule has 0 saturated carbocycles. The highest BCUT2D eigenvalue weighted by molar-refractivity contribution is 14.1. The minimum Gasteiger partial charge on any atom is -0.296 e. The van der Waals surface area contributed by atoms with Crippen molar-refractivity contribution in [2.45, 2.75) is 26.3 Å². The largest absolute Gasteiger partial charge is 0.296 e. The zero-order chi connectivity index (χ0) is 8.48. The van der Waals surface area contributed by atoms with Gasteiger partial charge in [-0.2, -0.15) is 0 Å². The van der Waals surface area contributed by atoms with E-state index in [1.54, 1.807) is 0 Å². The monoisotopic (exact) mass is 268 g/mol. The van der Waals surface area contributed by atoms with Crippen LogP contribution < -0.4 is 0 Å². The van der Waals surface area contributed by atoms with Crippen molar-refractivity contribution in [3.63, 3.8) is 0 Å². The van der Waals surface area contributed by atoms with Crippen LogP contribution in [0, 0.1) is 0 Å². The molecule has 1 saturated heterocycles. The lowest BCUT2D eigenvalue weighted by molar-refractivity contribution is 0.0235. The Balaban J connectivity index is 2.44. The highest BCUT2D eigenvalue weighted by Crippen LogP contribution is 2.29. The fourth-order valence-electron chi connectivity index (χ4n) is 1.88. The van der Waals surface area contributed by atoms with E-state index in [2.05, 4.69) is 51.6 Å². The molecule has 0 unspecified atom stereocenters. The fraction of sp³-hybridized carbons (Fsp3) is 1.00. The maximum absolute atomic E-state index is 2.54. The number of nitrogens with zero attached hydrogens (tertiary/aromatic N) is 2. The van der Waals surface area contributed by atoms with E-state index in [0.717, 1.165) is 0 Å². The van der Waals surface area contributed by atoms with Gasteiger partial charge in [-0.05, 0) is 20.0 Å². The van der Waals surface area contributed by atoms with E-state index in [9.17, 15) is 0 Å². The van der Waals surface area contributed by atoms with Crippen LogP contribution in [0.3, 0.4) is 0 Å². The Bertz CT molecular complexity index is 128. The van der Waals surface area contributed by atoms with Crippen molar-refractivity contribution in [3.05, 3.63) is 0 Å². The molecule has 0 aromatic rings. The predicted molar refractivity (Wildman–Crippen MR) is 56.9 cm³/mol. The van der Waals surface area contributed by atoms with E-state index in [-0.39, 0.29) is 0 Å². The Labute approximate surface area is 83.4 Å². The fourth-order valence-corrected chi connectivity index (χ4v) is 3.35. The van der Waals surface area contributed by atoms with Gasteiger partial charge in [-0.3, -0.25) is 4.90 Å². The van der Waals surface area contributed by atoms with Crippen LogP contribution in [0.4, 0.5) is 0 Å². The van der Waals surface area contributed by atoms with Gasteiger partial charge in [-0.15, -0.1) is 0 Å². The van der Waals surface area contributed by atoms with Gasteiger partial charge in [-0.25, -0.2) is 3.11 Å². The van der Waals surface area contributed by atoms with Gasteiger partial charge in [0.25, 0.3) is 0 Å². The third-order valence-electron chi connectivity index (χ3n) is 2.55. The average Bonchev–Trinajstić information content (AvgIpc) is 1.87. The number of likely N-dealkylation sites (N-methyl/N-ethyl adjacent to an activating group) is 1. The summed E-state index contributed by atoms with van der Waals surface area (Å²) in [6.45, 7) is 11.6. The molecule has 1 aliphatic rings. The molecule has 0 N–H and O–H groups in total. The first-order valence-corrected chi connectivity index (χ1v) is 5.24. The van der Waals surface area contributed by atoms with Gasteiger partial charge in [0.2, 0.25) is 0 Å². The molecule has 0 aromatic carbocycles. The Morgan fingerprint density at radius 3 is 2.09 bits per heavy atom. The highest BCUT2D eigenvalue weighted by atomic mass is 127. The Hall–Kier alpha value is 0.650. The van der Waals surface area contributed by atoms with Crippen molar-refractivity contribution < 1.29 is 0 Å². The number of hydrogen-bond acceptors (Lipinski definition) is 2. The lowest BCUT2D eigenvalue weighted by atomic mass is 9.93. The Kier molecular flexibility index (Phi) is 3.17. The zero-order valence-electron chi connectivity index (χ0n) is 7.60. The molecular weight excluding hydrogens is 251 g/mol. The minimum atomic E-state index is 0.463. The molecule has 0 amide bonds. The SMILES string of the molecule is CCN(CC)C1(C)CN(I)C1. The van der Waals surface area contributed by atoms with E-state index >= 15 is 0 Å². The lowest BCUT2D eigenvalue weighted by Crippen LogP contribution is -2.65. The summed E-state index contributed by atoms with van der Waals surface area (Å²) < 4.78 is 2.34. The van der Waals surface area contributed by atoms with Crippen LogP contribution in [0.2, 0.25) is 0 Å². The molecule has 11 heavy (non-hydrogen) atoms. The Morgan fingerprint density at radius 1 is 1.36 bits per heavy atom. The quantitative estimate of drug-likeness (QED) is 0.568. The van der Waals surface area contributed by atoms with Gasteiger partial charge >= 0.3 is 0 Å². The molecule has 1 aliphatic heterocycles. The maximum Gasteiger partial charge on any atom is 0.0451 e. The molecule has 0 radical (unpaired) electrons. The summed E-state index contributed by atoms with van der Waals surface area (Å²) in [6, 6.07) is 0. The molecule has 0 aliphatic carbocycles. The molecule has 0 bridgehead atoms. The summed E-state index contributed by atoms with van der Waals surface area (Å²) in [6.07, 6.45) is 0. The van der Waals surface area contributed by atoms with E-state index in [1.807, 2.05) is 0 Å². The minimum absolute atomic E-state index is 0.463. The van der Waals surface area contributed by atoms with Crippen LogP contribution in [0.15, 0.2) is 0 Å². The summed E-state index contributed by atoms with van der Waals surface area (Å²) in [5, 5.41) is 0. The second kappa shape index (κ2) is 3.58. The van der Waals surface area contributed by atoms with E-state index < -0.39 is 0 Å². The maximum atomic E-state index is 2.54. The molecular formula is C8H17IN2. The average molecular weight is 268 g/mol. The molecule has 2 nitrogen and oxygen atoms in total. The van der Waals surface area contributed by atoms with Crippen LogP contribution in [-0.4, -0.2) is 39.7 Å². The lowest BCUT2D eigenvalue weighted by Gasteiger charge is -2.51. The summed E-state index contributed by atoms with van der Waals surface area (Å²) >= 11 is 2.39. The molecule has 1 fully saturated rings. The molecule has 66 valence electrons. The zero-order valence-corrected chi connectivity index (χ0v) is 9.76. The van der Waals surface area contributed by atoms with Crippen LogP contribution in [-0.2, 0) is 0 Å². The van der Waals surface area contributed by atoms with Crippen LogP contribution >= 0.6 is 22.9 Å². The topological polar surface area (TPSA) is 6.48 Å². The van der Waals surface area contributed by atoms with Crippen molar-refractivity contribution in [1.29, 1.82) is 0 Å². The highest BCUT2D eigenvalue weighted by Gasteiger charge is 2.41. The molecule has 1 rings (SSSR count). The standard InChI is InChI=1S/C8H17IN2/c1-4-10(5-2)8(3)6-11(9)7-8/h4-7H2,1-3H3. The molecule has 0 aromatic heterocycles. The van der Waals surface area contributed by atoms with E-state index in [1.165, 1.54) is 26.2 Å². The van der Waals surface area contributed by atoms with E-state index in [0.29, 0.717) is 5.54 Å². The first-order valence-electron chi connectivity index (χ1n) is 4.28. The van der Waals surface area contributed by atoms with Crippen molar-refractivity contribution in [3.8, 4) is 0 Å². The second-order valence-electron chi connectivity index (χ2n) is 3.45. The first-order chi connectivity index (χ1) is 5.12. The van der Waals surface area contributed by atoms with Crippen LogP contribution in [0.25, 0.3) is 0 Å². The first kappa shape index (κ1) is 9.74. The summed E-state index contributed by atoms with van der Waals surface area (Å²) in [5.41, 5.74) is 0.463. The third-order valence-corrected chi connectivity index (χ3v) is 3.23. The van der Waals surface area contributed by atoms with Crippen LogP contribution in [0.1, 0.15) is 20.8 Å². The number of rotatable bonds is 3. The van der Waals surface area contributed by atoms with Gasteiger partial charge < -0.3 is 0 Å². The third kappa shape index (κ3) is 1.87. The Morgan fingerprint density at radius 2 is 1.82 bits per heavy atom. The van der Waals surface area contributed by atoms with Crippen molar-refractivity contribution >= 4 is 22.9 Å². The molecule has 0 atom stereocenters. The van der Waals surface area contributed by atoms with Crippen molar-refractivity contribution in [2.24, 2.45) is 0 Å². The molecule has 3 heteroatoms. The summed E-state index contributed by atoms with van der Waals surface area (Å²) in [5.74, 6) is 0. The normalized spacial score (nSPS) is 23.7. The summed E-state index contributed by atoms with van der Waals surface area (Å²) in [7, 11) is 0. The van der Waals surface area contributed by atoms with E-state index in [4.69, 9.17) is 0 Å². The van der Waals surface area contributed by atoms with Gasteiger partial charge in [0, 0.05) is 41.5 Å². The van der Waals surface area contributed by atoms with Crippen molar-refractivity contribution in [2.75, 3.05) is 26.2 Å². The smallest absolute Gasteiger partial charge is 0.0451 e. The predicted octanol–water partition coefficient (Wildman–Crippen LogP) is 1.75. The number of hydrogen-bond donors (Lipinski definition) is 0. The van der Waals surface area contributed by atoms with Gasteiger partial charge in [0.05, 0.1) is 0 Å². The molecule has 0 spiro atoms.